The Hall–Kier alpha value is -5.86. The van der Waals surface area contributed by atoms with Crippen molar-refractivity contribution in [3.63, 3.8) is 0 Å². The zero-order valence-electron chi connectivity index (χ0n) is 34.6. The number of para-hydroxylation sites is 3. The van der Waals surface area contributed by atoms with Crippen molar-refractivity contribution in [2.45, 2.75) is 75.0 Å². The molecule has 0 saturated heterocycles. The summed E-state index contributed by atoms with van der Waals surface area (Å²) in [6.45, 7) is 0. The molecule has 0 radical (unpaired) electrons. The van der Waals surface area contributed by atoms with Gasteiger partial charge >= 0.3 is 0 Å². The van der Waals surface area contributed by atoms with Crippen LogP contribution in [0.25, 0.3) is 11.1 Å². The van der Waals surface area contributed by atoms with Crippen molar-refractivity contribution >= 4 is 34.1 Å². The van der Waals surface area contributed by atoms with Crippen LogP contribution in [0.3, 0.4) is 0 Å². The van der Waals surface area contributed by atoms with Crippen LogP contribution >= 0.6 is 0 Å². The van der Waals surface area contributed by atoms with Gasteiger partial charge in [-0.05, 0) is 175 Å². The number of hydrogen-bond acceptors (Lipinski definition) is 2. The van der Waals surface area contributed by atoms with E-state index in [9.17, 15) is 0 Å². The maximum Gasteiger partial charge on any atom is 0.0468 e. The summed E-state index contributed by atoms with van der Waals surface area (Å²) in [5, 5.41) is 0. The minimum absolute atomic E-state index is 0.0119. The molecule has 5 fully saturated rings. The highest BCUT2D eigenvalue weighted by Crippen LogP contribution is 2.65. The molecule has 296 valence electrons. The summed E-state index contributed by atoms with van der Waals surface area (Å²) in [5.41, 5.74) is 16.4. The molecule has 0 amide bonds. The Bertz CT molecular complexity index is 2560. The number of anilines is 6. The maximum absolute atomic E-state index is 2.53. The van der Waals surface area contributed by atoms with E-state index in [1.165, 1.54) is 121 Å². The van der Waals surface area contributed by atoms with Crippen LogP contribution in [-0.4, -0.2) is 0 Å². The van der Waals surface area contributed by atoms with E-state index in [1.54, 1.807) is 11.1 Å². The molecule has 5 saturated carbocycles. The lowest BCUT2D eigenvalue weighted by Crippen LogP contribution is -2.56. The highest BCUT2D eigenvalue weighted by molar-refractivity contribution is 5.87. The van der Waals surface area contributed by atoms with E-state index < -0.39 is 0 Å². The number of nitrogens with zero attached hydrogens (tertiary/aromatic N) is 2. The van der Waals surface area contributed by atoms with Crippen molar-refractivity contribution in [2.24, 2.45) is 23.7 Å². The molecule has 6 aliphatic rings. The zero-order valence-corrected chi connectivity index (χ0v) is 34.6. The molecule has 0 aliphatic heterocycles. The first kappa shape index (κ1) is 36.0. The molecule has 0 N–H and O–H groups in total. The minimum Gasteiger partial charge on any atom is -0.311 e. The third-order valence-electron chi connectivity index (χ3n) is 15.9. The lowest BCUT2D eigenvalue weighted by Gasteiger charge is -2.62. The fourth-order valence-corrected chi connectivity index (χ4v) is 13.7. The summed E-state index contributed by atoms with van der Waals surface area (Å²) in [6.07, 6.45) is 13.3. The Balaban J connectivity index is 0.953. The third-order valence-corrected chi connectivity index (χ3v) is 15.9. The van der Waals surface area contributed by atoms with Crippen molar-refractivity contribution in [3.8, 4) is 11.1 Å². The standard InChI is InChI=1S/C58H54N2/c1-5-15-47(16-6-1)59(48-17-7-2-8-18-48)50-27-23-43(24-28-50)58(45-36-41-35-42(38-45)39-46(58)37-41)44-25-29-51(30-26-44)60(49-19-9-3-10-20-49)52-31-32-56-54(40-52)53-21-11-12-22-55(53)57(56)33-13-4-14-34-57/h1-3,5-12,15-32,40-42,45-46H,4,13-14,33-39H2. The second kappa shape index (κ2) is 14.4. The van der Waals surface area contributed by atoms with Crippen LogP contribution in [-0.2, 0) is 10.8 Å². The zero-order chi connectivity index (χ0) is 39.7. The van der Waals surface area contributed by atoms with Crippen LogP contribution < -0.4 is 9.80 Å². The first-order valence-corrected chi connectivity index (χ1v) is 22.9. The van der Waals surface area contributed by atoms with E-state index in [2.05, 4.69) is 192 Å². The molecular weight excluding hydrogens is 725 g/mol. The molecule has 0 unspecified atom stereocenters. The smallest absolute Gasteiger partial charge is 0.0468 e. The van der Waals surface area contributed by atoms with Gasteiger partial charge in [0.2, 0.25) is 0 Å². The topological polar surface area (TPSA) is 6.48 Å². The van der Waals surface area contributed by atoms with Crippen LogP contribution in [0, 0.1) is 23.7 Å². The number of benzene rings is 7. The van der Waals surface area contributed by atoms with Crippen LogP contribution in [0.15, 0.2) is 182 Å². The molecule has 7 aromatic carbocycles. The molecule has 2 heteroatoms. The second-order valence-electron chi connectivity index (χ2n) is 18.9. The van der Waals surface area contributed by atoms with Gasteiger partial charge in [0.15, 0.2) is 0 Å². The normalized spacial score (nSPS) is 24.2. The predicted molar refractivity (Wildman–Crippen MR) is 249 cm³/mol. The molecule has 0 aromatic heterocycles. The molecule has 2 nitrogen and oxygen atoms in total. The molecular formula is C58H54N2. The Labute approximate surface area is 356 Å². The number of hydrogen-bond donors (Lipinski definition) is 0. The largest absolute Gasteiger partial charge is 0.311 e. The molecule has 4 bridgehead atoms. The summed E-state index contributed by atoms with van der Waals surface area (Å²) in [5.74, 6) is 3.10. The summed E-state index contributed by atoms with van der Waals surface area (Å²) < 4.78 is 0. The van der Waals surface area contributed by atoms with E-state index in [4.69, 9.17) is 0 Å². The van der Waals surface area contributed by atoms with Gasteiger partial charge in [-0.1, -0.05) is 128 Å². The highest BCUT2D eigenvalue weighted by Gasteiger charge is 2.58. The maximum atomic E-state index is 2.53. The number of fused-ring (bicyclic) bond motifs is 5. The van der Waals surface area contributed by atoms with Crippen LogP contribution in [0.4, 0.5) is 34.1 Å². The second-order valence-corrected chi connectivity index (χ2v) is 18.9. The van der Waals surface area contributed by atoms with Gasteiger partial charge < -0.3 is 9.80 Å². The molecule has 13 rings (SSSR count). The third kappa shape index (κ3) is 5.59. The molecule has 6 aliphatic carbocycles. The van der Waals surface area contributed by atoms with Gasteiger partial charge in [0, 0.05) is 45.0 Å². The average Bonchev–Trinajstić information content (AvgIpc) is 3.56. The van der Waals surface area contributed by atoms with Crippen molar-refractivity contribution in [1.29, 1.82) is 0 Å². The van der Waals surface area contributed by atoms with E-state index in [1.807, 2.05) is 0 Å². The van der Waals surface area contributed by atoms with Gasteiger partial charge in [0.1, 0.15) is 0 Å². The van der Waals surface area contributed by atoms with Crippen LogP contribution in [0.2, 0.25) is 0 Å². The van der Waals surface area contributed by atoms with Crippen molar-refractivity contribution in [2.75, 3.05) is 9.80 Å². The van der Waals surface area contributed by atoms with E-state index in [-0.39, 0.29) is 10.8 Å². The van der Waals surface area contributed by atoms with Crippen LogP contribution in [0.1, 0.15) is 86.5 Å². The molecule has 0 atom stereocenters. The lowest BCUT2D eigenvalue weighted by molar-refractivity contribution is -0.0418. The first-order chi connectivity index (χ1) is 29.7. The van der Waals surface area contributed by atoms with E-state index >= 15 is 0 Å². The summed E-state index contributed by atoms with van der Waals surface area (Å²) in [4.78, 5) is 4.89. The predicted octanol–water partition coefficient (Wildman–Crippen LogP) is 15.6. The lowest BCUT2D eigenvalue weighted by atomic mass is 9.42. The number of rotatable bonds is 8. The minimum atomic E-state index is 0.0119. The van der Waals surface area contributed by atoms with E-state index in [0.29, 0.717) is 11.8 Å². The monoisotopic (exact) mass is 778 g/mol. The average molecular weight is 779 g/mol. The summed E-state index contributed by atoms with van der Waals surface area (Å²) in [7, 11) is 0. The fourth-order valence-electron chi connectivity index (χ4n) is 13.7. The molecule has 7 aromatic rings. The molecule has 0 heterocycles. The summed E-state index contributed by atoms with van der Waals surface area (Å²) >= 11 is 0. The molecule has 1 spiro atoms. The highest BCUT2D eigenvalue weighted by atomic mass is 15.1. The van der Waals surface area contributed by atoms with Gasteiger partial charge in [0.05, 0.1) is 0 Å². The quantitative estimate of drug-likeness (QED) is 0.152. The van der Waals surface area contributed by atoms with E-state index in [0.717, 1.165) is 11.8 Å². The SMILES string of the molecule is c1ccc(N(c2ccccc2)c2ccc(C3(c4ccc(N(c5ccccc5)c5ccc6c(c5)-c5ccccc5C65CCCCC5)cc4)C4CC5CC(C4)CC3C5)cc2)cc1. The van der Waals surface area contributed by atoms with Crippen molar-refractivity contribution in [1.82, 2.24) is 0 Å². The Kier molecular flexibility index (Phi) is 8.65. The Morgan fingerprint density at radius 3 is 1.28 bits per heavy atom. The van der Waals surface area contributed by atoms with Gasteiger partial charge in [0.25, 0.3) is 0 Å². The van der Waals surface area contributed by atoms with Gasteiger partial charge in [-0.15, -0.1) is 0 Å². The molecule has 60 heavy (non-hydrogen) atoms. The summed E-state index contributed by atoms with van der Waals surface area (Å²) in [6, 6.07) is 69.1. The fraction of sp³-hybridized carbons (Fsp3) is 0.276. The van der Waals surface area contributed by atoms with Gasteiger partial charge in [-0.25, -0.2) is 0 Å². The first-order valence-electron chi connectivity index (χ1n) is 22.9. The Morgan fingerprint density at radius 2 is 0.767 bits per heavy atom. The van der Waals surface area contributed by atoms with Gasteiger partial charge in [-0.2, -0.15) is 0 Å². The van der Waals surface area contributed by atoms with Crippen molar-refractivity contribution < 1.29 is 0 Å². The Morgan fingerprint density at radius 1 is 0.350 bits per heavy atom. The van der Waals surface area contributed by atoms with Crippen LogP contribution in [0.5, 0.6) is 0 Å². The van der Waals surface area contributed by atoms with Gasteiger partial charge in [-0.3, -0.25) is 0 Å². The van der Waals surface area contributed by atoms with Crippen molar-refractivity contribution in [3.05, 3.63) is 204 Å².